The van der Waals surface area contributed by atoms with Gasteiger partial charge < -0.3 is 0 Å². The second kappa shape index (κ2) is 5.75. The molecular weight excluding hydrogens is 190 g/mol. The predicted molar refractivity (Wildman–Crippen MR) is 61.6 cm³/mol. The van der Waals surface area contributed by atoms with Crippen molar-refractivity contribution < 1.29 is 4.92 Å². The van der Waals surface area contributed by atoms with Crippen LogP contribution in [0.2, 0.25) is 0 Å². The van der Waals surface area contributed by atoms with E-state index in [1.807, 2.05) is 24.3 Å². The molecule has 78 valence electrons. The maximum atomic E-state index is 10.4. The molecule has 3 heteroatoms. The summed E-state index contributed by atoms with van der Waals surface area (Å²) in [5, 5.41) is 10.4. The van der Waals surface area contributed by atoms with Gasteiger partial charge in [-0.1, -0.05) is 31.2 Å². The van der Waals surface area contributed by atoms with Crippen LogP contribution < -0.4 is 0 Å². The summed E-state index contributed by atoms with van der Waals surface area (Å²) < 4.78 is 0. The van der Waals surface area contributed by atoms with Gasteiger partial charge in [0.1, 0.15) is 0 Å². The quantitative estimate of drug-likeness (QED) is 0.426. The Morgan fingerprint density at radius 3 is 2.47 bits per heavy atom. The van der Waals surface area contributed by atoms with Gasteiger partial charge in [0.2, 0.25) is 0 Å². The van der Waals surface area contributed by atoms with Gasteiger partial charge in [0.15, 0.2) is 0 Å². The number of allylic oxidation sites excluding steroid dienone is 3. The van der Waals surface area contributed by atoms with Gasteiger partial charge in [0.05, 0.1) is 4.92 Å². The zero-order valence-electron chi connectivity index (χ0n) is 8.59. The zero-order chi connectivity index (χ0) is 11.1. The Morgan fingerprint density at radius 1 is 1.27 bits per heavy atom. The average Bonchev–Trinajstić information content (AvgIpc) is 2.25. The lowest BCUT2D eigenvalue weighted by atomic mass is 10.2. The molecule has 15 heavy (non-hydrogen) atoms. The van der Waals surface area contributed by atoms with Crippen molar-refractivity contribution in [2.45, 2.75) is 13.3 Å². The van der Waals surface area contributed by atoms with E-state index in [0.717, 1.165) is 12.0 Å². The molecule has 1 aromatic carbocycles. The van der Waals surface area contributed by atoms with Gasteiger partial charge >= 0.3 is 0 Å². The first kappa shape index (κ1) is 11.2. The first-order valence-corrected chi connectivity index (χ1v) is 4.81. The summed E-state index contributed by atoms with van der Waals surface area (Å²) in [7, 11) is 0. The van der Waals surface area contributed by atoms with Gasteiger partial charge in [-0.2, -0.15) is 0 Å². The normalized spacial score (nSPS) is 11.3. The molecule has 0 aliphatic heterocycles. The van der Waals surface area contributed by atoms with Crippen LogP contribution in [0.25, 0.3) is 6.08 Å². The molecule has 0 unspecified atom stereocenters. The first-order valence-electron chi connectivity index (χ1n) is 4.81. The van der Waals surface area contributed by atoms with Crippen LogP contribution in [0.5, 0.6) is 0 Å². The molecule has 0 saturated carbocycles. The van der Waals surface area contributed by atoms with Crippen LogP contribution in [-0.2, 0) is 0 Å². The molecule has 0 spiro atoms. The maximum Gasteiger partial charge on any atom is 0.269 e. The molecule has 0 aliphatic carbocycles. The third-order valence-corrected chi connectivity index (χ3v) is 1.88. The molecule has 0 bridgehead atoms. The Balaban J connectivity index is 2.68. The molecule has 0 amide bonds. The van der Waals surface area contributed by atoms with Crippen molar-refractivity contribution in [3.8, 4) is 0 Å². The maximum absolute atomic E-state index is 10.4. The topological polar surface area (TPSA) is 43.1 Å². The van der Waals surface area contributed by atoms with E-state index in [4.69, 9.17) is 0 Å². The molecular formula is C12H13NO2. The van der Waals surface area contributed by atoms with Crippen LogP contribution in [0.4, 0.5) is 5.69 Å². The number of nitro benzene ring substituents is 1. The van der Waals surface area contributed by atoms with Crippen LogP contribution >= 0.6 is 0 Å². The fourth-order valence-electron chi connectivity index (χ4n) is 1.09. The van der Waals surface area contributed by atoms with Crippen molar-refractivity contribution in [3.05, 3.63) is 58.2 Å². The number of rotatable bonds is 4. The predicted octanol–water partition coefficient (Wildman–Crippen LogP) is 3.57. The van der Waals surface area contributed by atoms with E-state index in [9.17, 15) is 10.1 Å². The Bertz CT molecular complexity index is 377. The van der Waals surface area contributed by atoms with E-state index < -0.39 is 4.92 Å². The van der Waals surface area contributed by atoms with Crippen LogP contribution in [0.15, 0.2) is 42.5 Å². The molecule has 1 rings (SSSR count). The Labute approximate surface area is 88.9 Å². The Hall–Kier alpha value is -1.90. The van der Waals surface area contributed by atoms with Gasteiger partial charge in [-0.05, 0) is 24.1 Å². The third kappa shape index (κ3) is 3.77. The second-order valence-corrected chi connectivity index (χ2v) is 3.04. The first-order chi connectivity index (χ1) is 7.24. The minimum Gasteiger partial charge on any atom is -0.258 e. The summed E-state index contributed by atoms with van der Waals surface area (Å²) >= 11 is 0. The Morgan fingerprint density at radius 2 is 1.93 bits per heavy atom. The number of hydrogen-bond donors (Lipinski definition) is 0. The Kier molecular flexibility index (Phi) is 4.29. The van der Waals surface area contributed by atoms with E-state index in [-0.39, 0.29) is 5.69 Å². The molecule has 0 aliphatic rings. The van der Waals surface area contributed by atoms with E-state index in [2.05, 4.69) is 6.92 Å². The molecule has 3 nitrogen and oxygen atoms in total. The zero-order valence-corrected chi connectivity index (χ0v) is 8.59. The fraction of sp³-hybridized carbons (Fsp3) is 0.167. The smallest absolute Gasteiger partial charge is 0.258 e. The van der Waals surface area contributed by atoms with Gasteiger partial charge in [-0.25, -0.2) is 0 Å². The van der Waals surface area contributed by atoms with Gasteiger partial charge in [-0.15, -0.1) is 0 Å². The lowest BCUT2D eigenvalue weighted by molar-refractivity contribution is -0.384. The SMILES string of the molecule is CC/C=C\C=C\c1ccc([N+](=O)[O-])cc1. The van der Waals surface area contributed by atoms with Crippen LogP contribution in [0.1, 0.15) is 18.9 Å². The van der Waals surface area contributed by atoms with Crippen molar-refractivity contribution in [3.63, 3.8) is 0 Å². The minimum absolute atomic E-state index is 0.122. The monoisotopic (exact) mass is 203 g/mol. The lowest BCUT2D eigenvalue weighted by Gasteiger charge is -1.92. The summed E-state index contributed by atoms with van der Waals surface area (Å²) in [6, 6.07) is 6.47. The number of benzene rings is 1. The highest BCUT2D eigenvalue weighted by molar-refractivity contribution is 5.53. The number of hydrogen-bond acceptors (Lipinski definition) is 2. The number of nitrogens with zero attached hydrogens (tertiary/aromatic N) is 1. The highest BCUT2D eigenvalue weighted by Gasteiger charge is 2.01. The fourth-order valence-corrected chi connectivity index (χ4v) is 1.09. The molecule has 1 aromatic rings. The van der Waals surface area contributed by atoms with E-state index in [0.29, 0.717) is 0 Å². The van der Waals surface area contributed by atoms with Crippen molar-refractivity contribution in [2.75, 3.05) is 0 Å². The summed E-state index contributed by atoms with van der Waals surface area (Å²) in [4.78, 5) is 9.99. The molecule has 0 N–H and O–H groups in total. The van der Waals surface area contributed by atoms with Crippen LogP contribution in [0.3, 0.4) is 0 Å². The number of non-ortho nitro benzene ring substituents is 1. The molecule has 0 fully saturated rings. The average molecular weight is 203 g/mol. The largest absolute Gasteiger partial charge is 0.269 e. The summed E-state index contributed by atoms with van der Waals surface area (Å²) in [6.07, 6.45) is 8.84. The molecule has 0 aromatic heterocycles. The lowest BCUT2D eigenvalue weighted by Crippen LogP contribution is -1.86. The third-order valence-electron chi connectivity index (χ3n) is 1.88. The minimum atomic E-state index is -0.398. The summed E-state index contributed by atoms with van der Waals surface area (Å²) in [5.74, 6) is 0. The van der Waals surface area contributed by atoms with Crippen molar-refractivity contribution >= 4 is 11.8 Å². The molecule has 0 atom stereocenters. The van der Waals surface area contributed by atoms with Crippen molar-refractivity contribution in [2.24, 2.45) is 0 Å². The molecule has 0 heterocycles. The van der Waals surface area contributed by atoms with Crippen molar-refractivity contribution in [1.29, 1.82) is 0 Å². The standard InChI is InChI=1S/C12H13NO2/c1-2-3-4-5-6-11-7-9-12(10-8-11)13(14)15/h3-10H,2H2,1H3/b4-3-,6-5+. The van der Waals surface area contributed by atoms with Gasteiger partial charge in [-0.3, -0.25) is 10.1 Å². The second-order valence-electron chi connectivity index (χ2n) is 3.04. The van der Waals surface area contributed by atoms with Crippen LogP contribution in [0, 0.1) is 10.1 Å². The summed E-state index contributed by atoms with van der Waals surface area (Å²) in [5.41, 5.74) is 1.08. The highest BCUT2D eigenvalue weighted by atomic mass is 16.6. The number of nitro groups is 1. The molecule has 0 radical (unpaired) electrons. The van der Waals surface area contributed by atoms with Crippen LogP contribution in [-0.4, -0.2) is 4.92 Å². The van der Waals surface area contributed by atoms with E-state index >= 15 is 0 Å². The summed E-state index contributed by atoms with van der Waals surface area (Å²) in [6.45, 7) is 2.07. The van der Waals surface area contributed by atoms with Gasteiger partial charge in [0, 0.05) is 12.1 Å². The van der Waals surface area contributed by atoms with E-state index in [1.54, 1.807) is 12.1 Å². The highest BCUT2D eigenvalue weighted by Crippen LogP contribution is 2.12. The van der Waals surface area contributed by atoms with E-state index in [1.165, 1.54) is 12.1 Å². The van der Waals surface area contributed by atoms with Gasteiger partial charge in [0.25, 0.3) is 5.69 Å². The molecule has 0 saturated heterocycles. The van der Waals surface area contributed by atoms with Crippen molar-refractivity contribution in [1.82, 2.24) is 0 Å².